The predicted octanol–water partition coefficient (Wildman–Crippen LogP) is 2.38. The van der Waals surface area contributed by atoms with Gasteiger partial charge < -0.3 is 9.84 Å². The van der Waals surface area contributed by atoms with Gasteiger partial charge in [0.15, 0.2) is 0 Å². The van der Waals surface area contributed by atoms with Gasteiger partial charge in [-0.05, 0) is 18.9 Å². The lowest BCUT2D eigenvalue weighted by Gasteiger charge is -2.15. The van der Waals surface area contributed by atoms with Gasteiger partial charge in [-0.25, -0.2) is 0 Å². The first-order valence-electron chi connectivity index (χ1n) is 6.01. The van der Waals surface area contributed by atoms with Crippen molar-refractivity contribution in [3.8, 4) is 17.6 Å². The summed E-state index contributed by atoms with van der Waals surface area (Å²) in [7, 11) is 0. The molecule has 0 bridgehead atoms. The maximum atomic E-state index is 8.64. The number of hydrogen-bond acceptors (Lipinski definition) is 3. The Bertz CT molecular complexity index is 389. The Morgan fingerprint density at radius 3 is 2.76 bits per heavy atom. The Morgan fingerprint density at radius 2 is 2.12 bits per heavy atom. The molecule has 17 heavy (non-hydrogen) atoms. The maximum absolute atomic E-state index is 8.64. The molecule has 0 spiro atoms. The van der Waals surface area contributed by atoms with Crippen LogP contribution in [0.5, 0.6) is 5.75 Å². The minimum absolute atomic E-state index is 0.0877. The summed E-state index contributed by atoms with van der Waals surface area (Å²) < 4.78 is 5.78. The molecule has 0 saturated heterocycles. The first kappa shape index (κ1) is 13.5. The van der Waals surface area contributed by atoms with Crippen molar-refractivity contribution in [2.24, 2.45) is 0 Å². The fourth-order valence-electron chi connectivity index (χ4n) is 1.42. The average molecular weight is 233 g/mol. The van der Waals surface area contributed by atoms with Crippen molar-refractivity contribution in [1.29, 1.82) is 0 Å². The van der Waals surface area contributed by atoms with E-state index in [1.54, 1.807) is 12.4 Å². The molecule has 0 aliphatic heterocycles. The fourth-order valence-corrected chi connectivity index (χ4v) is 1.42. The van der Waals surface area contributed by atoms with Gasteiger partial charge >= 0.3 is 0 Å². The Labute approximate surface area is 103 Å². The van der Waals surface area contributed by atoms with Crippen LogP contribution in [0.15, 0.2) is 18.5 Å². The Hall–Kier alpha value is -1.53. The fraction of sp³-hybridized carbons (Fsp3) is 0.500. The predicted molar refractivity (Wildman–Crippen MR) is 67.8 cm³/mol. The standard InChI is InChI=1S/C14H19NO2/c1-3-13(4-2)17-14-9-12(10-15-11-14)7-5-6-8-16/h9-11,13,16H,3-4,6,8H2,1-2H3. The highest BCUT2D eigenvalue weighted by Crippen LogP contribution is 2.15. The van der Waals surface area contributed by atoms with Gasteiger partial charge in [0.1, 0.15) is 5.75 Å². The van der Waals surface area contributed by atoms with Crippen LogP contribution < -0.4 is 4.74 Å². The highest BCUT2D eigenvalue weighted by molar-refractivity contribution is 5.36. The van der Waals surface area contributed by atoms with E-state index >= 15 is 0 Å². The number of aliphatic hydroxyl groups is 1. The molecule has 1 rings (SSSR count). The van der Waals surface area contributed by atoms with Crippen molar-refractivity contribution < 1.29 is 9.84 Å². The van der Waals surface area contributed by atoms with Crippen molar-refractivity contribution in [2.45, 2.75) is 39.2 Å². The highest BCUT2D eigenvalue weighted by Gasteiger charge is 2.05. The summed E-state index contributed by atoms with van der Waals surface area (Å²) in [6.45, 7) is 4.30. The minimum atomic E-state index is 0.0877. The van der Waals surface area contributed by atoms with Crippen LogP contribution in [0.1, 0.15) is 38.7 Å². The zero-order chi connectivity index (χ0) is 12.5. The molecule has 1 heterocycles. The number of pyridine rings is 1. The van der Waals surface area contributed by atoms with Crippen molar-refractivity contribution in [2.75, 3.05) is 6.61 Å². The van der Waals surface area contributed by atoms with Crippen LogP contribution in [0.25, 0.3) is 0 Å². The second kappa shape index (κ2) is 7.70. The van der Waals surface area contributed by atoms with E-state index in [-0.39, 0.29) is 12.7 Å². The third-order valence-electron chi connectivity index (χ3n) is 2.40. The van der Waals surface area contributed by atoms with E-state index < -0.39 is 0 Å². The maximum Gasteiger partial charge on any atom is 0.139 e. The minimum Gasteiger partial charge on any atom is -0.489 e. The quantitative estimate of drug-likeness (QED) is 0.794. The number of ether oxygens (including phenoxy) is 1. The Kier molecular flexibility index (Phi) is 6.13. The van der Waals surface area contributed by atoms with Gasteiger partial charge in [-0.2, -0.15) is 0 Å². The first-order valence-corrected chi connectivity index (χ1v) is 6.01. The lowest BCUT2D eigenvalue weighted by atomic mass is 10.2. The summed E-state index contributed by atoms with van der Waals surface area (Å²) in [5.74, 6) is 6.57. The van der Waals surface area contributed by atoms with Gasteiger partial charge in [-0.1, -0.05) is 25.7 Å². The second-order valence-corrected chi connectivity index (χ2v) is 3.74. The second-order valence-electron chi connectivity index (χ2n) is 3.74. The van der Waals surface area contributed by atoms with E-state index in [0.717, 1.165) is 24.2 Å². The van der Waals surface area contributed by atoms with Crippen molar-refractivity contribution in [3.05, 3.63) is 24.0 Å². The molecule has 0 aliphatic rings. The molecule has 0 fully saturated rings. The summed E-state index contributed by atoms with van der Waals surface area (Å²) in [6, 6.07) is 1.88. The number of aliphatic hydroxyl groups excluding tert-OH is 1. The lowest BCUT2D eigenvalue weighted by Crippen LogP contribution is -2.13. The van der Waals surface area contributed by atoms with Gasteiger partial charge in [0, 0.05) is 18.2 Å². The molecule has 0 amide bonds. The van der Waals surface area contributed by atoms with E-state index in [1.807, 2.05) is 6.07 Å². The van der Waals surface area contributed by atoms with E-state index in [9.17, 15) is 0 Å². The zero-order valence-corrected chi connectivity index (χ0v) is 10.4. The molecule has 0 aromatic carbocycles. The largest absolute Gasteiger partial charge is 0.489 e. The number of nitrogens with zero attached hydrogens (tertiary/aromatic N) is 1. The van der Waals surface area contributed by atoms with Crippen molar-refractivity contribution >= 4 is 0 Å². The van der Waals surface area contributed by atoms with Crippen LogP contribution >= 0.6 is 0 Å². The molecule has 1 aromatic rings. The van der Waals surface area contributed by atoms with E-state index in [0.29, 0.717) is 6.42 Å². The monoisotopic (exact) mass is 233 g/mol. The summed E-state index contributed by atoms with van der Waals surface area (Å²) >= 11 is 0. The molecule has 92 valence electrons. The third kappa shape index (κ3) is 4.88. The number of hydrogen-bond donors (Lipinski definition) is 1. The number of rotatable bonds is 5. The molecular formula is C14H19NO2. The van der Waals surface area contributed by atoms with E-state index in [4.69, 9.17) is 9.84 Å². The molecule has 0 saturated carbocycles. The molecular weight excluding hydrogens is 214 g/mol. The van der Waals surface area contributed by atoms with Gasteiger partial charge in [0.05, 0.1) is 18.9 Å². The summed E-state index contributed by atoms with van der Waals surface area (Å²) in [5.41, 5.74) is 0.821. The van der Waals surface area contributed by atoms with Crippen molar-refractivity contribution in [1.82, 2.24) is 4.98 Å². The smallest absolute Gasteiger partial charge is 0.139 e. The van der Waals surface area contributed by atoms with Gasteiger partial charge in [-0.15, -0.1) is 0 Å². The Balaban J connectivity index is 2.69. The normalized spacial score (nSPS) is 9.88. The molecule has 1 aromatic heterocycles. The zero-order valence-electron chi connectivity index (χ0n) is 10.4. The van der Waals surface area contributed by atoms with Crippen LogP contribution in [0.3, 0.4) is 0 Å². The molecule has 3 nitrogen and oxygen atoms in total. The third-order valence-corrected chi connectivity index (χ3v) is 2.40. The van der Waals surface area contributed by atoms with Crippen molar-refractivity contribution in [3.63, 3.8) is 0 Å². The van der Waals surface area contributed by atoms with E-state index in [1.165, 1.54) is 0 Å². The van der Waals surface area contributed by atoms with Crippen LogP contribution in [0, 0.1) is 11.8 Å². The average Bonchev–Trinajstić information content (AvgIpc) is 2.37. The number of aromatic nitrogens is 1. The molecule has 0 atom stereocenters. The Morgan fingerprint density at radius 1 is 1.35 bits per heavy atom. The molecule has 0 radical (unpaired) electrons. The molecule has 0 aliphatic carbocycles. The molecule has 3 heteroatoms. The van der Waals surface area contributed by atoms with E-state index in [2.05, 4.69) is 30.7 Å². The summed E-state index contributed by atoms with van der Waals surface area (Å²) in [4.78, 5) is 4.10. The van der Waals surface area contributed by atoms with Crippen LogP contribution in [-0.2, 0) is 0 Å². The summed E-state index contributed by atoms with van der Waals surface area (Å²) in [5, 5.41) is 8.64. The lowest BCUT2D eigenvalue weighted by molar-refractivity contribution is 0.192. The highest BCUT2D eigenvalue weighted by atomic mass is 16.5. The topological polar surface area (TPSA) is 42.4 Å². The summed E-state index contributed by atoms with van der Waals surface area (Å²) in [6.07, 6.45) is 6.09. The van der Waals surface area contributed by atoms with Crippen LogP contribution in [-0.4, -0.2) is 22.8 Å². The first-order chi connectivity index (χ1) is 8.30. The van der Waals surface area contributed by atoms with Gasteiger partial charge in [0.25, 0.3) is 0 Å². The molecule has 1 N–H and O–H groups in total. The van der Waals surface area contributed by atoms with Gasteiger partial charge in [0.2, 0.25) is 0 Å². The molecule has 0 unspecified atom stereocenters. The van der Waals surface area contributed by atoms with Crippen LogP contribution in [0.4, 0.5) is 0 Å². The SMILES string of the molecule is CCC(CC)Oc1cncc(C#CCCO)c1. The van der Waals surface area contributed by atoms with Gasteiger partial charge in [-0.3, -0.25) is 4.98 Å². The van der Waals surface area contributed by atoms with Crippen LogP contribution in [0.2, 0.25) is 0 Å².